The molecule has 3 heteroatoms. The predicted octanol–water partition coefficient (Wildman–Crippen LogP) is 5.33. The van der Waals surface area contributed by atoms with E-state index in [0.717, 1.165) is 12.3 Å². The van der Waals surface area contributed by atoms with Crippen molar-refractivity contribution in [3.8, 4) is 0 Å². The molecule has 0 amide bonds. The monoisotopic (exact) mass is 367 g/mol. The Hall–Kier alpha value is -1.81. The molecule has 2 aromatic carbocycles. The van der Waals surface area contributed by atoms with E-state index in [2.05, 4.69) is 61.4 Å². The summed E-state index contributed by atoms with van der Waals surface area (Å²) in [5.41, 5.74) is 1.25. The van der Waals surface area contributed by atoms with Gasteiger partial charge in [0, 0.05) is 29.3 Å². The van der Waals surface area contributed by atoms with Crippen LogP contribution in [-0.2, 0) is 0 Å². The first-order valence-electron chi connectivity index (χ1n) is 9.05. The molecule has 0 fully saturated rings. The van der Waals surface area contributed by atoms with Crippen LogP contribution in [0.4, 0.5) is 0 Å². The van der Waals surface area contributed by atoms with Crippen LogP contribution in [0.3, 0.4) is 0 Å². The highest BCUT2D eigenvalue weighted by atomic mass is 32.2. The molecule has 0 aromatic heterocycles. The smallest absolute Gasteiger partial charge is 0.0738 e. The fourth-order valence-electron chi connectivity index (χ4n) is 3.11. The van der Waals surface area contributed by atoms with Crippen molar-refractivity contribution in [1.82, 2.24) is 4.90 Å². The number of rotatable bonds is 11. The van der Waals surface area contributed by atoms with Crippen LogP contribution in [0, 0.1) is 0 Å². The normalized spacial score (nSPS) is 14.6. The minimum atomic E-state index is -0.463. The highest BCUT2D eigenvalue weighted by Crippen LogP contribution is 2.28. The van der Waals surface area contributed by atoms with Gasteiger partial charge in [-0.1, -0.05) is 60.7 Å². The number of benzene rings is 2. The third-order valence-corrected chi connectivity index (χ3v) is 5.68. The molecule has 0 radical (unpaired) electrons. The maximum atomic E-state index is 10.8. The molecule has 2 aromatic rings. The van der Waals surface area contributed by atoms with Crippen LogP contribution >= 0.6 is 11.8 Å². The summed E-state index contributed by atoms with van der Waals surface area (Å²) in [6.45, 7) is 10.7. The molecule has 26 heavy (non-hydrogen) atoms. The molecule has 3 atom stereocenters. The van der Waals surface area contributed by atoms with E-state index < -0.39 is 6.10 Å². The SMILES string of the molecule is C=CC[C@@H](O)[C@@H](CSc1ccccc1)N(CC=C)[C@H](C)c1ccccc1. The Morgan fingerprint density at radius 2 is 1.62 bits per heavy atom. The Balaban J connectivity index is 2.22. The van der Waals surface area contributed by atoms with Gasteiger partial charge < -0.3 is 5.11 Å². The van der Waals surface area contributed by atoms with Gasteiger partial charge in [0.1, 0.15) is 0 Å². The first kappa shape index (κ1) is 20.5. The Morgan fingerprint density at radius 1 is 1.00 bits per heavy atom. The third kappa shape index (κ3) is 5.87. The number of aliphatic hydroxyl groups excluding tert-OH is 1. The van der Waals surface area contributed by atoms with E-state index in [1.54, 1.807) is 17.8 Å². The first-order chi connectivity index (χ1) is 12.7. The minimum Gasteiger partial charge on any atom is -0.391 e. The van der Waals surface area contributed by atoms with E-state index in [4.69, 9.17) is 0 Å². The molecule has 2 nitrogen and oxygen atoms in total. The lowest BCUT2D eigenvalue weighted by molar-refractivity contribution is 0.0484. The number of nitrogens with zero attached hydrogens (tertiary/aromatic N) is 1. The molecule has 0 bridgehead atoms. The van der Waals surface area contributed by atoms with E-state index in [-0.39, 0.29) is 12.1 Å². The van der Waals surface area contributed by atoms with Gasteiger partial charge in [-0.05, 0) is 31.0 Å². The summed E-state index contributed by atoms with van der Waals surface area (Å²) in [7, 11) is 0. The molecule has 0 aliphatic rings. The molecule has 0 saturated heterocycles. The number of hydrogen-bond acceptors (Lipinski definition) is 3. The van der Waals surface area contributed by atoms with Gasteiger partial charge in [-0.3, -0.25) is 4.90 Å². The molecule has 1 N–H and O–H groups in total. The van der Waals surface area contributed by atoms with Crippen molar-refractivity contribution in [1.29, 1.82) is 0 Å². The average Bonchev–Trinajstić information content (AvgIpc) is 2.68. The molecule has 0 aliphatic heterocycles. The lowest BCUT2D eigenvalue weighted by Gasteiger charge is -2.38. The van der Waals surface area contributed by atoms with E-state index >= 15 is 0 Å². The summed E-state index contributed by atoms with van der Waals surface area (Å²) in [4.78, 5) is 3.56. The highest BCUT2D eigenvalue weighted by Gasteiger charge is 2.29. The third-order valence-electron chi connectivity index (χ3n) is 4.56. The maximum absolute atomic E-state index is 10.8. The largest absolute Gasteiger partial charge is 0.391 e. The van der Waals surface area contributed by atoms with Crippen molar-refractivity contribution < 1.29 is 5.11 Å². The predicted molar refractivity (Wildman–Crippen MR) is 114 cm³/mol. The van der Waals surface area contributed by atoms with Crippen LogP contribution in [0.2, 0.25) is 0 Å². The maximum Gasteiger partial charge on any atom is 0.0738 e. The van der Waals surface area contributed by atoms with Crippen molar-refractivity contribution in [3.63, 3.8) is 0 Å². The molecule has 0 heterocycles. The van der Waals surface area contributed by atoms with Gasteiger partial charge in [-0.2, -0.15) is 0 Å². The number of aliphatic hydroxyl groups is 1. The summed E-state index contributed by atoms with van der Waals surface area (Å²) in [6.07, 6.45) is 3.83. The minimum absolute atomic E-state index is 0.00594. The van der Waals surface area contributed by atoms with Crippen molar-refractivity contribution in [2.45, 2.75) is 36.4 Å². The van der Waals surface area contributed by atoms with Crippen LogP contribution < -0.4 is 0 Å². The molecule has 0 spiro atoms. The van der Waals surface area contributed by atoms with Crippen molar-refractivity contribution >= 4 is 11.8 Å². The second-order valence-electron chi connectivity index (χ2n) is 6.36. The molecular weight excluding hydrogens is 338 g/mol. The molecule has 0 unspecified atom stereocenters. The zero-order chi connectivity index (χ0) is 18.8. The molecule has 138 valence electrons. The van der Waals surface area contributed by atoms with Crippen LogP contribution in [0.15, 0.2) is 90.9 Å². The molecule has 0 saturated carbocycles. The van der Waals surface area contributed by atoms with Crippen LogP contribution in [-0.4, -0.2) is 34.4 Å². The number of thioether (sulfide) groups is 1. The van der Waals surface area contributed by atoms with Gasteiger partial charge in [0.15, 0.2) is 0 Å². The van der Waals surface area contributed by atoms with E-state index in [1.807, 2.05) is 30.3 Å². The summed E-state index contributed by atoms with van der Waals surface area (Å²) in [5, 5.41) is 10.8. The Labute approximate surface area is 162 Å². The average molecular weight is 368 g/mol. The van der Waals surface area contributed by atoms with E-state index in [9.17, 15) is 5.11 Å². The zero-order valence-corrected chi connectivity index (χ0v) is 16.3. The van der Waals surface area contributed by atoms with E-state index in [1.165, 1.54) is 10.5 Å². The Kier molecular flexibility index (Phi) is 8.69. The van der Waals surface area contributed by atoms with Crippen LogP contribution in [0.1, 0.15) is 24.9 Å². The molecule has 0 aliphatic carbocycles. The van der Waals surface area contributed by atoms with Gasteiger partial charge in [0.25, 0.3) is 0 Å². The van der Waals surface area contributed by atoms with Gasteiger partial charge in [-0.15, -0.1) is 24.9 Å². The first-order valence-corrected chi connectivity index (χ1v) is 10.0. The molecular formula is C23H29NOS. The fourth-order valence-corrected chi connectivity index (χ4v) is 4.23. The summed E-state index contributed by atoms with van der Waals surface area (Å²) in [5.74, 6) is 0.810. The Bertz CT molecular complexity index is 658. The number of hydrogen-bond donors (Lipinski definition) is 1. The van der Waals surface area contributed by atoms with Gasteiger partial charge in [0.2, 0.25) is 0 Å². The summed E-state index contributed by atoms with van der Waals surface area (Å²) >= 11 is 1.78. The molecule has 2 rings (SSSR count). The van der Waals surface area contributed by atoms with Gasteiger partial charge in [0.05, 0.1) is 6.10 Å². The van der Waals surface area contributed by atoms with Gasteiger partial charge in [-0.25, -0.2) is 0 Å². The lowest BCUT2D eigenvalue weighted by Crippen LogP contribution is -2.46. The second kappa shape index (κ2) is 11.0. The van der Waals surface area contributed by atoms with E-state index in [0.29, 0.717) is 6.42 Å². The second-order valence-corrected chi connectivity index (χ2v) is 7.45. The summed E-state index contributed by atoms with van der Waals surface area (Å²) < 4.78 is 0. The van der Waals surface area contributed by atoms with Crippen molar-refractivity contribution in [3.05, 3.63) is 91.5 Å². The zero-order valence-electron chi connectivity index (χ0n) is 15.5. The topological polar surface area (TPSA) is 23.5 Å². The van der Waals surface area contributed by atoms with Gasteiger partial charge >= 0.3 is 0 Å². The Morgan fingerprint density at radius 3 is 2.19 bits per heavy atom. The van der Waals surface area contributed by atoms with Crippen LogP contribution in [0.25, 0.3) is 0 Å². The standard InChI is InChI=1S/C23H29NOS/c1-4-12-23(25)22(18-26-21-15-10-7-11-16-21)24(17-5-2)19(3)20-13-8-6-9-14-20/h4-11,13-16,19,22-23,25H,1-2,12,17-18H2,3H3/t19-,22-,23-/m1/s1. The fraction of sp³-hybridized carbons (Fsp3) is 0.304. The summed E-state index contributed by atoms with van der Waals surface area (Å²) in [6, 6.07) is 21.0. The van der Waals surface area contributed by atoms with Crippen LogP contribution in [0.5, 0.6) is 0 Å². The highest BCUT2D eigenvalue weighted by molar-refractivity contribution is 7.99. The van der Waals surface area contributed by atoms with Crippen molar-refractivity contribution in [2.75, 3.05) is 12.3 Å². The quantitative estimate of drug-likeness (QED) is 0.429. The van der Waals surface area contributed by atoms with Crippen molar-refractivity contribution in [2.24, 2.45) is 0 Å². The lowest BCUT2D eigenvalue weighted by atomic mass is 10.0.